The number of amides is 1. The zero-order valence-corrected chi connectivity index (χ0v) is 35.1. The summed E-state index contributed by atoms with van der Waals surface area (Å²) in [6, 6.07) is 17.6. The summed E-state index contributed by atoms with van der Waals surface area (Å²) in [5, 5.41) is 15.5. The predicted molar refractivity (Wildman–Crippen MR) is 228 cm³/mol. The number of nitrogens with zero attached hydrogens (tertiary/aromatic N) is 9. The van der Waals surface area contributed by atoms with Crippen LogP contribution in [0.15, 0.2) is 87.3 Å². The van der Waals surface area contributed by atoms with E-state index in [0.717, 1.165) is 40.3 Å². The molecule has 1 N–H and O–H groups in total. The van der Waals surface area contributed by atoms with E-state index >= 15 is 9.18 Å². The van der Waals surface area contributed by atoms with Gasteiger partial charge in [-0.1, -0.05) is 25.1 Å². The molecule has 3 aliphatic rings. The highest BCUT2D eigenvalue weighted by atomic mass is 19.1. The fourth-order valence-corrected chi connectivity index (χ4v) is 10.4. The molecule has 0 radical (unpaired) electrons. The summed E-state index contributed by atoms with van der Waals surface area (Å²) in [4.78, 5) is 47.0. The van der Waals surface area contributed by atoms with Gasteiger partial charge in [0.15, 0.2) is 5.82 Å². The highest BCUT2D eigenvalue weighted by Gasteiger charge is 2.66. The van der Waals surface area contributed by atoms with Gasteiger partial charge in [0.05, 0.1) is 35.3 Å². The summed E-state index contributed by atoms with van der Waals surface area (Å²) >= 11 is 0. The van der Waals surface area contributed by atoms with E-state index < -0.39 is 11.3 Å². The summed E-state index contributed by atoms with van der Waals surface area (Å²) in [5.74, 6) is 0.0407. The Morgan fingerprint density at radius 1 is 0.903 bits per heavy atom. The van der Waals surface area contributed by atoms with Crippen molar-refractivity contribution < 1.29 is 18.4 Å². The molecule has 0 bridgehead atoms. The smallest absolute Gasteiger partial charge is 0.381 e. The number of hydrogen-bond acceptors (Lipinski definition) is 8. The number of carbonyl (C=O) groups excluding carboxylic acids is 1. The van der Waals surface area contributed by atoms with Crippen molar-refractivity contribution in [3.63, 3.8) is 0 Å². The number of imidazole rings is 1. The molecule has 2 aliphatic heterocycles. The maximum Gasteiger partial charge on any atom is 0.438 e. The first kappa shape index (κ1) is 38.1. The van der Waals surface area contributed by atoms with E-state index in [1.807, 2.05) is 31.3 Å². The van der Waals surface area contributed by atoms with Crippen molar-refractivity contribution in [3.8, 4) is 17.2 Å². The van der Waals surface area contributed by atoms with Crippen LogP contribution < -0.4 is 11.4 Å². The first-order valence-electron chi connectivity index (χ1n) is 21.1. The number of nitrogens with one attached hydrogen (secondary N) is 1. The summed E-state index contributed by atoms with van der Waals surface area (Å²) in [5.41, 5.74) is 5.87. The van der Waals surface area contributed by atoms with Gasteiger partial charge in [-0.2, -0.15) is 10.2 Å². The van der Waals surface area contributed by atoms with Crippen LogP contribution in [0.5, 0.6) is 0 Å². The fourth-order valence-electron chi connectivity index (χ4n) is 10.4. The van der Waals surface area contributed by atoms with E-state index in [4.69, 9.17) is 14.4 Å². The molecule has 0 unspecified atom stereocenters. The second kappa shape index (κ2) is 13.9. The summed E-state index contributed by atoms with van der Waals surface area (Å²) in [6.07, 6.45) is 7.45. The Balaban J connectivity index is 1.05. The third kappa shape index (κ3) is 5.58. The first-order chi connectivity index (χ1) is 29.9. The van der Waals surface area contributed by atoms with Crippen molar-refractivity contribution in [1.82, 2.24) is 48.3 Å². The lowest BCUT2D eigenvalue weighted by atomic mass is 9.91. The monoisotopic (exact) mass is 836 g/mol. The Bertz CT molecular complexity index is 3210. The van der Waals surface area contributed by atoms with Crippen LogP contribution in [0.3, 0.4) is 0 Å². The fraction of sp³-hybridized carbons (Fsp3) is 0.348. The number of carbonyl (C=O) groups is 1. The van der Waals surface area contributed by atoms with Gasteiger partial charge in [-0.05, 0) is 110 Å². The zero-order chi connectivity index (χ0) is 42.8. The molecule has 3 aromatic carbocycles. The van der Waals surface area contributed by atoms with Crippen molar-refractivity contribution in [2.75, 3.05) is 19.8 Å². The molecule has 2 fully saturated rings. The minimum atomic E-state index is -0.844. The van der Waals surface area contributed by atoms with Crippen LogP contribution in [0.2, 0.25) is 0 Å². The van der Waals surface area contributed by atoms with Crippen molar-refractivity contribution in [3.05, 3.63) is 140 Å². The third-order valence-corrected chi connectivity index (χ3v) is 13.9. The second-order valence-electron chi connectivity index (χ2n) is 17.3. The molecule has 1 saturated carbocycles. The third-order valence-electron chi connectivity index (χ3n) is 13.9. The maximum atomic E-state index is 15.4. The molecule has 62 heavy (non-hydrogen) atoms. The van der Waals surface area contributed by atoms with Gasteiger partial charge in [0.2, 0.25) is 0 Å². The van der Waals surface area contributed by atoms with Crippen LogP contribution in [0.1, 0.15) is 76.9 Å². The van der Waals surface area contributed by atoms with Gasteiger partial charge in [0.1, 0.15) is 22.9 Å². The summed E-state index contributed by atoms with van der Waals surface area (Å²) < 4.78 is 34.5. The Morgan fingerprint density at radius 2 is 1.65 bits per heavy atom. The highest BCUT2D eigenvalue weighted by molar-refractivity contribution is 5.99. The van der Waals surface area contributed by atoms with E-state index in [2.05, 4.69) is 51.9 Å². The minimum absolute atomic E-state index is 0.00997. The Morgan fingerprint density at radius 3 is 2.37 bits per heavy atom. The molecule has 7 heterocycles. The molecule has 11 rings (SSSR count). The molecule has 15 nitrogen and oxygen atoms in total. The number of halogens is 1. The standard InChI is InChI=1S/C46H45FN10O5/c1-25-18-34(19-26(2)40(25)47)57-41(55-15-14-54(45(55)60)33-7-9-37-32(21-33)23-48-52(37)5)35-24-53(13-10-36(35)50-57)42(58)39-22-31-20-30(29-11-16-61-17-12-29)6-8-38(31)56(39)46(27(3)28(46)4)43-49-44(59)62-51-43/h6-9,14-15,18-23,27-29H,10-13,16-17,24H2,1-5H3,(H,49,51,59)/t27-,28+,46+. The molecule has 0 spiro atoms. The second-order valence-corrected chi connectivity index (χ2v) is 17.3. The van der Waals surface area contributed by atoms with E-state index in [0.29, 0.717) is 77.5 Å². The number of aromatic amines is 1. The van der Waals surface area contributed by atoms with Crippen LogP contribution in [-0.2, 0) is 30.3 Å². The Hall–Kier alpha value is -6.81. The molecule has 1 amide bonds. The first-order valence-corrected chi connectivity index (χ1v) is 21.1. The minimum Gasteiger partial charge on any atom is -0.381 e. The number of benzene rings is 3. The highest BCUT2D eigenvalue weighted by Crippen LogP contribution is 2.61. The maximum absolute atomic E-state index is 15.4. The van der Waals surface area contributed by atoms with Crippen LogP contribution in [0.25, 0.3) is 39.0 Å². The average Bonchev–Trinajstić information content (AvgIpc) is 3.99. The van der Waals surface area contributed by atoms with Gasteiger partial charge in [-0.25, -0.2) is 18.7 Å². The van der Waals surface area contributed by atoms with Gasteiger partial charge < -0.3 is 14.2 Å². The van der Waals surface area contributed by atoms with Crippen molar-refractivity contribution in [2.24, 2.45) is 18.9 Å². The number of hydrogen-bond donors (Lipinski definition) is 1. The number of aryl methyl sites for hydroxylation is 3. The van der Waals surface area contributed by atoms with E-state index in [-0.39, 0.29) is 35.8 Å². The van der Waals surface area contributed by atoms with Crippen LogP contribution in [0.4, 0.5) is 4.39 Å². The lowest BCUT2D eigenvalue weighted by Gasteiger charge is -2.29. The molecular formula is C46H45FN10O5. The molecule has 316 valence electrons. The van der Waals surface area contributed by atoms with Crippen LogP contribution in [0, 0.1) is 31.5 Å². The van der Waals surface area contributed by atoms with Gasteiger partial charge in [0, 0.05) is 67.5 Å². The normalized spacial score (nSPS) is 20.4. The van der Waals surface area contributed by atoms with Gasteiger partial charge in [0.25, 0.3) is 5.91 Å². The van der Waals surface area contributed by atoms with E-state index in [1.165, 1.54) is 5.56 Å². The van der Waals surface area contributed by atoms with E-state index in [9.17, 15) is 9.59 Å². The number of ether oxygens (including phenoxy) is 1. The largest absolute Gasteiger partial charge is 0.438 e. The van der Waals surface area contributed by atoms with E-state index in [1.54, 1.807) is 68.0 Å². The Labute approximate surface area is 353 Å². The molecule has 8 aromatic rings. The lowest BCUT2D eigenvalue weighted by Crippen LogP contribution is -2.39. The Kier molecular flexibility index (Phi) is 8.52. The van der Waals surface area contributed by atoms with Gasteiger partial charge >= 0.3 is 11.4 Å². The molecule has 1 saturated heterocycles. The SMILES string of the molecule is Cc1cc(-n2nc3c(c2-n2ccn(-c4ccc5c(cnn5C)c4)c2=O)CN(C(=O)c2cc4cc(C5CCOCC5)ccc4n2[C@@]2(c4noc(=O)[nH]4)[C@H](C)[C@@H]2C)CC3)cc(C)c1F. The summed E-state index contributed by atoms with van der Waals surface area (Å²) in [6.45, 7) is 9.54. The summed E-state index contributed by atoms with van der Waals surface area (Å²) in [7, 11) is 1.87. The lowest BCUT2D eigenvalue weighted by molar-refractivity contribution is 0.0720. The average molecular weight is 837 g/mol. The molecule has 1 aliphatic carbocycles. The topological polar surface area (TPSA) is 156 Å². The van der Waals surface area contributed by atoms with Crippen LogP contribution in [-0.4, -0.2) is 74.0 Å². The molecular weight excluding hydrogens is 792 g/mol. The quantitative estimate of drug-likeness (QED) is 0.199. The van der Waals surface area contributed by atoms with Crippen LogP contribution >= 0.6 is 0 Å². The number of aromatic nitrogens is 9. The zero-order valence-electron chi connectivity index (χ0n) is 35.1. The number of rotatable bonds is 7. The van der Waals surface area contributed by atoms with Gasteiger partial charge in [-0.15, -0.1) is 0 Å². The predicted octanol–water partition coefficient (Wildman–Crippen LogP) is 6.21. The number of H-pyrrole nitrogens is 1. The molecule has 5 aromatic heterocycles. The van der Waals surface area contributed by atoms with Crippen molar-refractivity contribution >= 4 is 27.7 Å². The van der Waals surface area contributed by atoms with Gasteiger partial charge in [-0.3, -0.25) is 28.1 Å². The number of fused-ring (bicyclic) bond motifs is 3. The molecule has 16 heteroatoms. The van der Waals surface area contributed by atoms with Crippen molar-refractivity contribution in [1.29, 1.82) is 0 Å². The molecule has 3 atom stereocenters. The van der Waals surface area contributed by atoms with Crippen molar-refractivity contribution in [2.45, 2.75) is 65.0 Å².